The molecule has 140 valence electrons. The van der Waals surface area contributed by atoms with Crippen LogP contribution < -0.4 is 29.0 Å². The summed E-state index contributed by atoms with van der Waals surface area (Å²) in [5.74, 6) is 2.12. The zero-order valence-electron chi connectivity index (χ0n) is 15.5. The smallest absolute Gasteiger partial charge is 0.255 e. The minimum absolute atomic E-state index is 0.305. The Bertz CT molecular complexity index is 750. The van der Waals surface area contributed by atoms with Gasteiger partial charge in [0.2, 0.25) is 5.75 Å². The van der Waals surface area contributed by atoms with Crippen molar-refractivity contribution >= 4 is 11.6 Å². The van der Waals surface area contributed by atoms with Gasteiger partial charge in [-0.05, 0) is 25.1 Å². The van der Waals surface area contributed by atoms with E-state index >= 15 is 0 Å². The lowest BCUT2D eigenvalue weighted by Gasteiger charge is -2.15. The molecule has 0 unspecified atom stereocenters. The van der Waals surface area contributed by atoms with Crippen molar-refractivity contribution in [2.45, 2.75) is 6.92 Å². The molecule has 0 aromatic heterocycles. The van der Waals surface area contributed by atoms with Gasteiger partial charge in [0.15, 0.2) is 23.0 Å². The highest BCUT2D eigenvalue weighted by atomic mass is 16.5. The largest absolute Gasteiger partial charge is 0.493 e. The maximum absolute atomic E-state index is 12.6. The molecule has 0 bridgehead atoms. The molecule has 0 aliphatic carbocycles. The van der Waals surface area contributed by atoms with Gasteiger partial charge in [-0.3, -0.25) is 4.79 Å². The van der Waals surface area contributed by atoms with Crippen LogP contribution in [0.5, 0.6) is 28.7 Å². The lowest BCUT2D eigenvalue weighted by molar-refractivity contribution is 0.102. The minimum Gasteiger partial charge on any atom is -0.493 e. The molecule has 0 saturated heterocycles. The van der Waals surface area contributed by atoms with E-state index in [4.69, 9.17) is 23.7 Å². The molecule has 2 aromatic carbocycles. The third-order valence-corrected chi connectivity index (χ3v) is 3.65. The van der Waals surface area contributed by atoms with Gasteiger partial charge in [0, 0.05) is 23.4 Å². The van der Waals surface area contributed by atoms with Crippen LogP contribution in [0, 0.1) is 0 Å². The van der Waals surface area contributed by atoms with Crippen molar-refractivity contribution in [2.75, 3.05) is 40.4 Å². The standard InChI is InChI=1S/C19H23NO6/c1-6-26-14-8-7-12(9-15(14)22-2)19(21)20-13-10-16(23-3)18(25-5)17(11-13)24-4/h7-11H,6H2,1-5H3,(H,20,21). The lowest BCUT2D eigenvalue weighted by Crippen LogP contribution is -2.12. The Balaban J connectivity index is 2.29. The van der Waals surface area contributed by atoms with E-state index in [1.165, 1.54) is 28.4 Å². The molecule has 0 atom stereocenters. The maximum atomic E-state index is 12.6. The quantitative estimate of drug-likeness (QED) is 0.777. The van der Waals surface area contributed by atoms with Crippen molar-refractivity contribution in [2.24, 2.45) is 0 Å². The minimum atomic E-state index is -0.305. The van der Waals surface area contributed by atoms with Crippen LogP contribution >= 0.6 is 0 Å². The van der Waals surface area contributed by atoms with Gasteiger partial charge in [-0.2, -0.15) is 0 Å². The van der Waals surface area contributed by atoms with E-state index in [1.807, 2.05) is 6.92 Å². The topological polar surface area (TPSA) is 75.3 Å². The summed E-state index contributed by atoms with van der Waals surface area (Å²) in [6, 6.07) is 8.31. The summed E-state index contributed by atoms with van der Waals surface area (Å²) in [4.78, 5) is 12.6. The Morgan fingerprint density at radius 3 is 1.96 bits per heavy atom. The number of ether oxygens (including phenoxy) is 5. The van der Waals surface area contributed by atoms with Gasteiger partial charge in [0.05, 0.1) is 35.0 Å². The summed E-state index contributed by atoms with van der Waals surface area (Å²) in [5, 5.41) is 2.81. The molecule has 26 heavy (non-hydrogen) atoms. The highest BCUT2D eigenvalue weighted by molar-refractivity contribution is 6.05. The molecular weight excluding hydrogens is 338 g/mol. The molecular formula is C19H23NO6. The fourth-order valence-electron chi connectivity index (χ4n) is 2.44. The number of hydrogen-bond donors (Lipinski definition) is 1. The first kappa shape index (κ1) is 19.2. The number of carbonyl (C=O) groups excluding carboxylic acids is 1. The molecule has 0 fully saturated rings. The number of nitrogens with one attached hydrogen (secondary N) is 1. The first-order chi connectivity index (χ1) is 12.6. The third kappa shape index (κ3) is 4.11. The fraction of sp³-hybridized carbons (Fsp3) is 0.316. The molecule has 2 aromatic rings. The number of methoxy groups -OCH3 is 4. The Hall–Kier alpha value is -3.09. The zero-order chi connectivity index (χ0) is 19.1. The Labute approximate surface area is 152 Å². The number of carbonyl (C=O) groups is 1. The van der Waals surface area contributed by atoms with E-state index in [-0.39, 0.29) is 5.91 Å². The molecule has 7 nitrogen and oxygen atoms in total. The SMILES string of the molecule is CCOc1ccc(C(=O)Nc2cc(OC)c(OC)c(OC)c2)cc1OC. The number of rotatable bonds is 8. The summed E-state index contributed by atoms with van der Waals surface area (Å²) in [6.45, 7) is 2.39. The summed E-state index contributed by atoms with van der Waals surface area (Å²) in [6.07, 6.45) is 0. The van der Waals surface area contributed by atoms with Crippen LogP contribution in [0.4, 0.5) is 5.69 Å². The van der Waals surface area contributed by atoms with E-state index in [2.05, 4.69) is 5.32 Å². The predicted octanol–water partition coefficient (Wildman–Crippen LogP) is 3.37. The molecule has 0 aliphatic rings. The molecule has 0 spiro atoms. The first-order valence-electron chi connectivity index (χ1n) is 8.00. The van der Waals surface area contributed by atoms with Crippen molar-refractivity contribution < 1.29 is 28.5 Å². The summed E-state index contributed by atoms with van der Waals surface area (Å²) < 4.78 is 26.6. The van der Waals surface area contributed by atoms with Gasteiger partial charge in [-0.15, -0.1) is 0 Å². The van der Waals surface area contributed by atoms with Gasteiger partial charge in [-0.25, -0.2) is 0 Å². The third-order valence-electron chi connectivity index (χ3n) is 3.65. The van der Waals surface area contributed by atoms with Crippen molar-refractivity contribution in [1.29, 1.82) is 0 Å². The average molecular weight is 361 g/mol. The van der Waals surface area contributed by atoms with Crippen LogP contribution in [-0.4, -0.2) is 41.0 Å². The highest BCUT2D eigenvalue weighted by Crippen LogP contribution is 2.40. The Morgan fingerprint density at radius 2 is 1.46 bits per heavy atom. The Morgan fingerprint density at radius 1 is 0.846 bits per heavy atom. The molecule has 0 aliphatic heterocycles. The zero-order valence-corrected chi connectivity index (χ0v) is 15.5. The molecule has 0 heterocycles. The normalized spacial score (nSPS) is 10.0. The fourth-order valence-corrected chi connectivity index (χ4v) is 2.44. The first-order valence-corrected chi connectivity index (χ1v) is 8.00. The highest BCUT2D eigenvalue weighted by Gasteiger charge is 2.16. The summed E-state index contributed by atoms with van der Waals surface area (Å²) >= 11 is 0. The number of benzene rings is 2. The Kier molecular flexibility index (Phi) is 6.54. The second-order valence-electron chi connectivity index (χ2n) is 5.17. The number of anilines is 1. The number of hydrogen-bond acceptors (Lipinski definition) is 6. The molecule has 2 rings (SSSR count). The maximum Gasteiger partial charge on any atom is 0.255 e. The molecule has 1 N–H and O–H groups in total. The van der Waals surface area contributed by atoms with Crippen LogP contribution in [0.1, 0.15) is 17.3 Å². The van der Waals surface area contributed by atoms with Gasteiger partial charge in [-0.1, -0.05) is 0 Å². The van der Waals surface area contributed by atoms with Crippen LogP contribution in [0.2, 0.25) is 0 Å². The van der Waals surface area contributed by atoms with E-state index < -0.39 is 0 Å². The second-order valence-corrected chi connectivity index (χ2v) is 5.17. The molecule has 1 amide bonds. The van der Waals surface area contributed by atoms with Crippen LogP contribution in [0.25, 0.3) is 0 Å². The van der Waals surface area contributed by atoms with Gasteiger partial charge in [0.25, 0.3) is 5.91 Å². The molecule has 0 saturated carbocycles. The second kappa shape index (κ2) is 8.84. The average Bonchev–Trinajstić information content (AvgIpc) is 2.67. The van der Waals surface area contributed by atoms with Crippen LogP contribution in [-0.2, 0) is 0 Å². The van der Waals surface area contributed by atoms with Gasteiger partial charge < -0.3 is 29.0 Å². The van der Waals surface area contributed by atoms with E-state index in [0.717, 1.165) is 0 Å². The van der Waals surface area contributed by atoms with E-state index in [0.29, 0.717) is 46.6 Å². The van der Waals surface area contributed by atoms with Crippen LogP contribution in [0.15, 0.2) is 30.3 Å². The molecule has 7 heteroatoms. The van der Waals surface area contributed by atoms with Gasteiger partial charge >= 0.3 is 0 Å². The summed E-state index contributed by atoms with van der Waals surface area (Å²) in [7, 11) is 6.07. The van der Waals surface area contributed by atoms with E-state index in [9.17, 15) is 4.79 Å². The van der Waals surface area contributed by atoms with E-state index in [1.54, 1.807) is 30.3 Å². The van der Waals surface area contributed by atoms with Crippen molar-refractivity contribution in [1.82, 2.24) is 0 Å². The molecule has 0 radical (unpaired) electrons. The summed E-state index contributed by atoms with van der Waals surface area (Å²) in [5.41, 5.74) is 0.941. The van der Waals surface area contributed by atoms with Crippen molar-refractivity contribution in [3.63, 3.8) is 0 Å². The van der Waals surface area contributed by atoms with Crippen molar-refractivity contribution in [3.8, 4) is 28.7 Å². The lowest BCUT2D eigenvalue weighted by atomic mass is 10.1. The van der Waals surface area contributed by atoms with Crippen LogP contribution in [0.3, 0.4) is 0 Å². The predicted molar refractivity (Wildman–Crippen MR) is 98.2 cm³/mol. The van der Waals surface area contributed by atoms with Gasteiger partial charge in [0.1, 0.15) is 0 Å². The number of amides is 1. The van der Waals surface area contributed by atoms with Crippen molar-refractivity contribution in [3.05, 3.63) is 35.9 Å². The monoisotopic (exact) mass is 361 g/mol.